The molecule has 2 saturated heterocycles. The lowest BCUT2D eigenvalue weighted by Gasteiger charge is -2.37. The average Bonchev–Trinajstić information content (AvgIpc) is 3.03. The average molecular weight is 316 g/mol. The minimum Gasteiger partial charge on any atom is -0.495 e. The fourth-order valence-electron chi connectivity index (χ4n) is 3.82. The van der Waals surface area contributed by atoms with Gasteiger partial charge in [0, 0.05) is 25.1 Å². The number of methoxy groups -OCH3 is 1. The van der Waals surface area contributed by atoms with Crippen LogP contribution < -0.4 is 4.74 Å². The van der Waals surface area contributed by atoms with E-state index in [2.05, 4.69) is 11.0 Å². The predicted octanol–water partition coefficient (Wildman–Crippen LogP) is 1.93. The normalized spacial score (nSPS) is 28.5. The molecule has 2 aliphatic heterocycles. The molecule has 1 aromatic rings. The number of aliphatic hydroxyl groups is 1. The van der Waals surface area contributed by atoms with E-state index < -0.39 is 0 Å². The first kappa shape index (κ1) is 16.3. The lowest BCUT2D eigenvalue weighted by molar-refractivity contribution is -0.0636. The Balaban J connectivity index is 1.72. The van der Waals surface area contributed by atoms with Gasteiger partial charge in [0.2, 0.25) is 0 Å². The molecule has 0 radical (unpaired) electrons. The van der Waals surface area contributed by atoms with Crippen LogP contribution in [-0.2, 0) is 11.3 Å². The van der Waals surface area contributed by atoms with Crippen molar-refractivity contribution in [3.05, 3.63) is 29.3 Å². The molecule has 0 spiro atoms. The number of aliphatic hydroxyl groups excluding tert-OH is 1. The summed E-state index contributed by atoms with van der Waals surface area (Å²) in [7, 11) is 1.58. The molecule has 2 heterocycles. The Kier molecular flexibility index (Phi) is 5.16. The lowest BCUT2D eigenvalue weighted by atomic mass is 9.89. The van der Waals surface area contributed by atoms with Gasteiger partial charge in [-0.3, -0.25) is 4.90 Å². The Morgan fingerprint density at radius 1 is 1.43 bits per heavy atom. The summed E-state index contributed by atoms with van der Waals surface area (Å²) in [4.78, 5) is 2.42. The van der Waals surface area contributed by atoms with E-state index >= 15 is 0 Å². The number of nitrogens with zero attached hydrogens (tertiary/aromatic N) is 2. The van der Waals surface area contributed by atoms with Gasteiger partial charge in [0.25, 0.3) is 0 Å². The third kappa shape index (κ3) is 3.50. The molecular weight excluding hydrogens is 292 g/mol. The fourth-order valence-corrected chi connectivity index (χ4v) is 3.82. The second kappa shape index (κ2) is 7.31. The predicted molar refractivity (Wildman–Crippen MR) is 86.1 cm³/mol. The monoisotopic (exact) mass is 316 g/mol. The first-order chi connectivity index (χ1) is 11.2. The fraction of sp³-hybridized carbons (Fsp3) is 0.611. The number of ether oxygens (including phenoxy) is 2. The van der Waals surface area contributed by atoms with Gasteiger partial charge < -0.3 is 14.6 Å². The number of hydrogen-bond acceptors (Lipinski definition) is 5. The lowest BCUT2D eigenvalue weighted by Crippen LogP contribution is -2.45. The third-order valence-corrected chi connectivity index (χ3v) is 5.04. The molecule has 2 fully saturated rings. The standard InChI is InChI=1S/C18H24N2O3/c1-22-18-5-4-13(9-14(18)10-19)11-20-7-2-3-16(20)15-12-23-8-6-17(15)21/h4-5,9,15-17,21H,2-3,6-8,11-12H2,1H3/t15-,16+,17+/m0/s1. The van der Waals surface area contributed by atoms with Gasteiger partial charge in [-0.2, -0.15) is 5.26 Å². The van der Waals surface area contributed by atoms with Crippen molar-refractivity contribution in [3.8, 4) is 11.8 Å². The van der Waals surface area contributed by atoms with Gasteiger partial charge in [0.05, 0.1) is 25.4 Å². The van der Waals surface area contributed by atoms with Gasteiger partial charge in [0.1, 0.15) is 11.8 Å². The van der Waals surface area contributed by atoms with Crippen LogP contribution in [0.4, 0.5) is 0 Å². The first-order valence-corrected chi connectivity index (χ1v) is 8.30. The van der Waals surface area contributed by atoms with E-state index in [4.69, 9.17) is 9.47 Å². The molecule has 5 nitrogen and oxygen atoms in total. The molecule has 0 aromatic heterocycles. The van der Waals surface area contributed by atoms with Gasteiger partial charge in [-0.05, 0) is 43.5 Å². The summed E-state index contributed by atoms with van der Waals surface area (Å²) in [5, 5.41) is 19.5. The summed E-state index contributed by atoms with van der Waals surface area (Å²) in [6.07, 6.45) is 2.72. The van der Waals surface area contributed by atoms with E-state index in [1.54, 1.807) is 7.11 Å². The van der Waals surface area contributed by atoms with Gasteiger partial charge in [-0.25, -0.2) is 0 Å². The van der Waals surface area contributed by atoms with Crippen LogP contribution in [-0.4, -0.2) is 49.0 Å². The Hall–Kier alpha value is -1.61. The zero-order valence-corrected chi connectivity index (χ0v) is 13.6. The Morgan fingerprint density at radius 3 is 3.04 bits per heavy atom. The molecule has 1 N–H and O–H groups in total. The van der Waals surface area contributed by atoms with E-state index in [1.807, 2.05) is 18.2 Å². The number of nitriles is 1. The van der Waals surface area contributed by atoms with Gasteiger partial charge >= 0.3 is 0 Å². The Labute approximate surface area is 137 Å². The van der Waals surface area contributed by atoms with Crippen molar-refractivity contribution in [2.75, 3.05) is 26.9 Å². The van der Waals surface area contributed by atoms with Crippen LogP contribution in [0.5, 0.6) is 5.75 Å². The number of likely N-dealkylation sites (tertiary alicyclic amines) is 1. The van der Waals surface area contributed by atoms with Crippen molar-refractivity contribution in [3.63, 3.8) is 0 Å². The molecule has 3 atom stereocenters. The van der Waals surface area contributed by atoms with E-state index in [0.717, 1.165) is 37.9 Å². The van der Waals surface area contributed by atoms with Crippen LogP contribution >= 0.6 is 0 Å². The van der Waals surface area contributed by atoms with Crippen molar-refractivity contribution in [2.24, 2.45) is 5.92 Å². The Bertz CT molecular complexity index is 584. The second-order valence-electron chi connectivity index (χ2n) is 6.42. The van der Waals surface area contributed by atoms with Crippen molar-refractivity contribution >= 4 is 0 Å². The highest BCUT2D eigenvalue weighted by atomic mass is 16.5. The van der Waals surface area contributed by atoms with Crippen LogP contribution in [0.15, 0.2) is 18.2 Å². The summed E-state index contributed by atoms with van der Waals surface area (Å²) in [5.74, 6) is 0.810. The van der Waals surface area contributed by atoms with Crippen LogP contribution in [0.25, 0.3) is 0 Å². The molecule has 1 aromatic carbocycles. The van der Waals surface area contributed by atoms with Crippen LogP contribution in [0.1, 0.15) is 30.4 Å². The van der Waals surface area contributed by atoms with E-state index in [0.29, 0.717) is 30.6 Å². The first-order valence-electron chi connectivity index (χ1n) is 8.30. The van der Waals surface area contributed by atoms with Crippen molar-refractivity contribution < 1.29 is 14.6 Å². The minimum absolute atomic E-state index is 0.194. The third-order valence-electron chi connectivity index (χ3n) is 5.04. The minimum atomic E-state index is -0.264. The molecule has 0 saturated carbocycles. The summed E-state index contributed by atoms with van der Waals surface area (Å²) >= 11 is 0. The van der Waals surface area contributed by atoms with Crippen LogP contribution in [0, 0.1) is 17.2 Å². The number of hydrogen-bond donors (Lipinski definition) is 1. The second-order valence-corrected chi connectivity index (χ2v) is 6.42. The number of benzene rings is 1. The van der Waals surface area contributed by atoms with Crippen molar-refractivity contribution in [2.45, 2.75) is 38.0 Å². The quantitative estimate of drug-likeness (QED) is 0.919. The summed E-state index contributed by atoms with van der Waals surface area (Å²) in [6.45, 7) is 3.14. The van der Waals surface area contributed by atoms with Crippen LogP contribution in [0.3, 0.4) is 0 Å². The molecule has 124 valence electrons. The topological polar surface area (TPSA) is 65.7 Å². The Morgan fingerprint density at radius 2 is 2.30 bits per heavy atom. The molecule has 5 heteroatoms. The molecule has 23 heavy (non-hydrogen) atoms. The van der Waals surface area contributed by atoms with E-state index in [1.165, 1.54) is 0 Å². The highest BCUT2D eigenvalue weighted by molar-refractivity contribution is 5.45. The SMILES string of the molecule is COc1ccc(CN2CCC[C@@H]2[C@@H]2COCC[C@H]2O)cc1C#N. The highest BCUT2D eigenvalue weighted by Gasteiger charge is 2.37. The molecular formula is C18H24N2O3. The molecule has 0 aliphatic carbocycles. The van der Waals surface area contributed by atoms with Crippen LogP contribution in [0.2, 0.25) is 0 Å². The maximum Gasteiger partial charge on any atom is 0.136 e. The molecule has 0 bridgehead atoms. The van der Waals surface area contributed by atoms with E-state index in [-0.39, 0.29) is 12.0 Å². The molecule has 0 unspecified atom stereocenters. The maximum absolute atomic E-state index is 10.3. The van der Waals surface area contributed by atoms with Crippen molar-refractivity contribution in [1.82, 2.24) is 4.90 Å². The van der Waals surface area contributed by atoms with Gasteiger partial charge in [-0.1, -0.05) is 6.07 Å². The largest absolute Gasteiger partial charge is 0.495 e. The number of rotatable bonds is 4. The zero-order chi connectivity index (χ0) is 16.2. The highest BCUT2D eigenvalue weighted by Crippen LogP contribution is 2.31. The molecule has 2 aliphatic rings. The molecule has 3 rings (SSSR count). The van der Waals surface area contributed by atoms with Gasteiger partial charge in [-0.15, -0.1) is 0 Å². The summed E-state index contributed by atoms with van der Waals surface area (Å²) in [5.41, 5.74) is 1.68. The molecule has 0 amide bonds. The summed E-state index contributed by atoms with van der Waals surface area (Å²) in [6, 6.07) is 8.33. The van der Waals surface area contributed by atoms with Gasteiger partial charge in [0.15, 0.2) is 0 Å². The smallest absolute Gasteiger partial charge is 0.136 e. The zero-order valence-electron chi connectivity index (χ0n) is 13.6. The van der Waals surface area contributed by atoms with Crippen molar-refractivity contribution in [1.29, 1.82) is 5.26 Å². The summed E-state index contributed by atoms with van der Waals surface area (Å²) < 4.78 is 10.8. The van der Waals surface area contributed by atoms with E-state index in [9.17, 15) is 10.4 Å². The maximum atomic E-state index is 10.3.